The maximum Gasteiger partial charge on any atom is 0.339 e. The van der Waals surface area contributed by atoms with Gasteiger partial charge in [0.1, 0.15) is 11.3 Å². The predicted molar refractivity (Wildman–Crippen MR) is 122 cm³/mol. The summed E-state index contributed by atoms with van der Waals surface area (Å²) in [5.74, 6) is -2.47. The van der Waals surface area contributed by atoms with Crippen LogP contribution in [0.5, 0.6) is 5.75 Å². The molecule has 0 fully saturated rings. The van der Waals surface area contributed by atoms with Gasteiger partial charge >= 0.3 is 17.9 Å². The van der Waals surface area contributed by atoms with Gasteiger partial charge in [-0.3, -0.25) is 9.59 Å². The molecule has 32 heavy (non-hydrogen) atoms. The molecule has 0 bridgehead atoms. The second-order valence-electron chi connectivity index (χ2n) is 6.34. The molecule has 0 radical (unpaired) electrons. The molecule has 7 nitrogen and oxygen atoms in total. The lowest BCUT2D eigenvalue weighted by molar-refractivity contribution is -0.136. The molecule has 3 aromatic rings. The molecule has 0 aromatic heterocycles. The minimum Gasteiger partial charge on any atom is -0.481 e. The van der Waals surface area contributed by atoms with E-state index in [4.69, 9.17) is 33.4 Å². The lowest BCUT2D eigenvalue weighted by atomic mass is 10.1. The van der Waals surface area contributed by atoms with E-state index < -0.39 is 17.9 Å². The smallest absolute Gasteiger partial charge is 0.339 e. The Hall–Kier alpha value is -3.55. The first kappa shape index (κ1) is 24.7. The van der Waals surface area contributed by atoms with E-state index in [9.17, 15) is 14.4 Å². The zero-order valence-corrected chi connectivity index (χ0v) is 18.4. The third-order valence-electron chi connectivity index (χ3n) is 3.95. The highest BCUT2D eigenvalue weighted by Crippen LogP contribution is 2.33. The Morgan fingerprint density at radius 1 is 0.875 bits per heavy atom. The van der Waals surface area contributed by atoms with Gasteiger partial charge in [0.2, 0.25) is 0 Å². The number of aliphatic carboxylic acids is 1. The van der Waals surface area contributed by atoms with Crippen LogP contribution in [-0.4, -0.2) is 28.1 Å². The lowest BCUT2D eigenvalue weighted by Gasteiger charge is -2.13. The Kier molecular flexibility index (Phi) is 9.07. The maximum atomic E-state index is 10.8. The van der Waals surface area contributed by atoms with E-state index >= 15 is 0 Å². The monoisotopic (exact) mass is 475 g/mol. The summed E-state index contributed by atoms with van der Waals surface area (Å²) >= 11 is 12.1. The van der Waals surface area contributed by atoms with Crippen LogP contribution < -0.4 is 10.1 Å². The number of para-hydroxylation sites is 3. The second kappa shape index (κ2) is 11.7. The Labute approximate surface area is 194 Å². The molecule has 0 aliphatic rings. The van der Waals surface area contributed by atoms with Gasteiger partial charge in [-0.2, -0.15) is 0 Å². The van der Waals surface area contributed by atoms with Gasteiger partial charge in [-0.15, -0.1) is 0 Å². The quantitative estimate of drug-likeness (QED) is 0.310. The first-order chi connectivity index (χ1) is 15.2. The number of carboxylic acids is 2. The molecule has 0 saturated carbocycles. The van der Waals surface area contributed by atoms with Gasteiger partial charge in [-0.05, 0) is 35.9 Å². The molecule has 0 heterocycles. The molecule has 0 amide bonds. The fourth-order valence-corrected chi connectivity index (χ4v) is 3.09. The molecule has 0 spiro atoms. The number of carboxylic acid groups (broad SMARTS) is 2. The second-order valence-corrected chi connectivity index (χ2v) is 7.16. The molecule has 3 rings (SSSR count). The number of ether oxygens (including phenoxy) is 1. The van der Waals surface area contributed by atoms with Crippen LogP contribution in [0.25, 0.3) is 0 Å². The van der Waals surface area contributed by atoms with Crippen molar-refractivity contribution in [1.82, 2.24) is 0 Å². The number of carbonyl (C=O) groups excluding carboxylic acids is 1. The lowest BCUT2D eigenvalue weighted by Crippen LogP contribution is -2.06. The third-order valence-corrected chi connectivity index (χ3v) is 4.58. The molecule has 3 aromatic carbocycles. The number of anilines is 2. The van der Waals surface area contributed by atoms with E-state index in [1.54, 1.807) is 48.5 Å². The van der Waals surface area contributed by atoms with Crippen molar-refractivity contribution in [2.75, 3.05) is 5.32 Å². The SMILES string of the molecule is CC(=O)Oc1ccccc1C(=O)O.O=C(O)Cc1ccccc1Nc1c(Cl)cccc1Cl. The third kappa shape index (κ3) is 7.30. The Morgan fingerprint density at radius 3 is 2.06 bits per heavy atom. The van der Waals surface area contributed by atoms with Crippen LogP contribution in [0.4, 0.5) is 11.4 Å². The van der Waals surface area contributed by atoms with Crippen LogP contribution in [0.15, 0.2) is 66.7 Å². The van der Waals surface area contributed by atoms with Crippen molar-refractivity contribution in [2.45, 2.75) is 13.3 Å². The van der Waals surface area contributed by atoms with Gasteiger partial charge in [0, 0.05) is 12.6 Å². The number of halogens is 2. The van der Waals surface area contributed by atoms with Crippen LogP contribution in [-0.2, 0) is 16.0 Å². The number of hydrogen-bond acceptors (Lipinski definition) is 5. The molecular weight excluding hydrogens is 457 g/mol. The molecule has 0 saturated heterocycles. The van der Waals surface area contributed by atoms with Crippen molar-refractivity contribution in [3.63, 3.8) is 0 Å². The van der Waals surface area contributed by atoms with Crippen molar-refractivity contribution in [3.05, 3.63) is 87.9 Å². The average Bonchev–Trinajstić information content (AvgIpc) is 2.72. The summed E-state index contributed by atoms with van der Waals surface area (Å²) in [6, 6.07) is 18.3. The molecule has 0 atom stereocenters. The number of aromatic carboxylic acids is 1. The molecule has 166 valence electrons. The molecule has 0 aliphatic carbocycles. The summed E-state index contributed by atoms with van der Waals surface area (Å²) in [4.78, 5) is 32.0. The van der Waals surface area contributed by atoms with E-state index in [0.29, 0.717) is 27.0 Å². The van der Waals surface area contributed by atoms with Gasteiger partial charge < -0.3 is 20.3 Å². The Morgan fingerprint density at radius 2 is 1.47 bits per heavy atom. The van der Waals surface area contributed by atoms with Crippen molar-refractivity contribution in [1.29, 1.82) is 0 Å². The van der Waals surface area contributed by atoms with Crippen LogP contribution in [0.1, 0.15) is 22.8 Å². The van der Waals surface area contributed by atoms with E-state index in [1.807, 2.05) is 6.07 Å². The fraction of sp³-hybridized carbons (Fsp3) is 0.0870. The number of benzene rings is 3. The minimum absolute atomic E-state index is 0.0160. The summed E-state index contributed by atoms with van der Waals surface area (Å²) in [6.45, 7) is 1.22. The van der Waals surface area contributed by atoms with Crippen molar-refractivity contribution >= 4 is 52.5 Å². The van der Waals surface area contributed by atoms with Gasteiger partial charge in [-0.1, -0.05) is 59.6 Å². The zero-order chi connectivity index (χ0) is 23.7. The number of nitrogens with one attached hydrogen (secondary N) is 1. The summed E-state index contributed by atoms with van der Waals surface area (Å²) in [5.41, 5.74) is 1.91. The van der Waals surface area contributed by atoms with Gasteiger partial charge in [0.05, 0.1) is 22.2 Å². The van der Waals surface area contributed by atoms with Gasteiger partial charge in [-0.25, -0.2) is 4.79 Å². The maximum absolute atomic E-state index is 10.8. The van der Waals surface area contributed by atoms with Crippen LogP contribution >= 0.6 is 23.2 Å². The largest absolute Gasteiger partial charge is 0.481 e. The Bertz CT molecular complexity index is 1110. The highest BCUT2D eigenvalue weighted by molar-refractivity contribution is 6.39. The standard InChI is InChI=1S/C14H11Cl2NO2.C9H8O4/c15-10-5-3-6-11(16)14(10)17-12-7-2-1-4-9(12)8-13(18)19;1-6(10)13-8-5-3-2-4-7(8)9(11)12/h1-7,17H,8H2,(H,18,19);2-5H,1H3,(H,11,12). The average molecular weight is 476 g/mol. The van der Waals surface area contributed by atoms with Crippen LogP contribution in [0.2, 0.25) is 10.0 Å². The number of rotatable bonds is 6. The highest BCUT2D eigenvalue weighted by Gasteiger charge is 2.11. The number of esters is 1. The Balaban J connectivity index is 0.000000244. The van der Waals surface area contributed by atoms with Crippen molar-refractivity contribution in [3.8, 4) is 5.75 Å². The summed E-state index contributed by atoms with van der Waals surface area (Å²) in [6.07, 6.45) is -0.0642. The minimum atomic E-state index is -1.11. The topological polar surface area (TPSA) is 113 Å². The zero-order valence-electron chi connectivity index (χ0n) is 16.8. The van der Waals surface area contributed by atoms with Crippen LogP contribution in [0.3, 0.4) is 0 Å². The molecule has 9 heteroatoms. The molecule has 0 unspecified atom stereocenters. The van der Waals surface area contributed by atoms with Gasteiger partial charge in [0.15, 0.2) is 0 Å². The fourth-order valence-electron chi connectivity index (χ4n) is 2.60. The summed E-state index contributed by atoms with van der Waals surface area (Å²) in [5, 5.41) is 21.6. The first-order valence-corrected chi connectivity index (χ1v) is 9.96. The normalized spacial score (nSPS) is 9.84. The molecule has 0 aliphatic heterocycles. The summed E-state index contributed by atoms with van der Waals surface area (Å²) < 4.78 is 4.69. The van der Waals surface area contributed by atoms with Gasteiger partial charge in [0.25, 0.3) is 0 Å². The predicted octanol–water partition coefficient (Wildman–Crippen LogP) is 5.67. The number of hydrogen-bond donors (Lipinski definition) is 3. The summed E-state index contributed by atoms with van der Waals surface area (Å²) in [7, 11) is 0. The van der Waals surface area contributed by atoms with E-state index in [2.05, 4.69) is 10.1 Å². The number of carbonyl (C=O) groups is 3. The van der Waals surface area contributed by atoms with Crippen molar-refractivity contribution in [2.24, 2.45) is 0 Å². The van der Waals surface area contributed by atoms with E-state index in [1.165, 1.54) is 19.1 Å². The van der Waals surface area contributed by atoms with Crippen molar-refractivity contribution < 1.29 is 29.3 Å². The van der Waals surface area contributed by atoms with E-state index in [0.717, 1.165) is 0 Å². The highest BCUT2D eigenvalue weighted by atomic mass is 35.5. The molecule has 3 N–H and O–H groups in total. The molecular formula is C23H19Cl2NO6. The van der Waals surface area contributed by atoms with E-state index in [-0.39, 0.29) is 17.7 Å². The van der Waals surface area contributed by atoms with Crippen LogP contribution in [0, 0.1) is 0 Å². The first-order valence-electron chi connectivity index (χ1n) is 9.20.